The monoisotopic (exact) mass is 303 g/mol. The van der Waals surface area contributed by atoms with Crippen LogP contribution in [-0.2, 0) is 0 Å². The SMILES string of the molecule is CC(C)NCC(C)Oc1ccc(-c2ccccc2)cc1Cl. The van der Waals surface area contributed by atoms with Crippen LogP contribution < -0.4 is 10.1 Å². The zero-order valence-electron chi connectivity index (χ0n) is 12.8. The molecule has 0 amide bonds. The smallest absolute Gasteiger partial charge is 0.138 e. The summed E-state index contributed by atoms with van der Waals surface area (Å²) in [6, 6.07) is 16.6. The largest absolute Gasteiger partial charge is 0.488 e. The van der Waals surface area contributed by atoms with Crippen molar-refractivity contribution in [2.75, 3.05) is 6.54 Å². The Morgan fingerprint density at radius 2 is 1.71 bits per heavy atom. The second-order valence-electron chi connectivity index (χ2n) is 5.50. The van der Waals surface area contributed by atoms with Gasteiger partial charge in [-0.2, -0.15) is 0 Å². The van der Waals surface area contributed by atoms with Crippen LogP contribution in [0.1, 0.15) is 20.8 Å². The van der Waals surface area contributed by atoms with Crippen LogP contribution in [0.5, 0.6) is 5.75 Å². The van der Waals surface area contributed by atoms with Crippen molar-refractivity contribution >= 4 is 11.6 Å². The van der Waals surface area contributed by atoms with Crippen LogP contribution in [0.15, 0.2) is 48.5 Å². The topological polar surface area (TPSA) is 21.3 Å². The first-order chi connectivity index (χ1) is 10.1. The summed E-state index contributed by atoms with van der Waals surface area (Å²) in [5, 5.41) is 4.00. The van der Waals surface area contributed by atoms with Gasteiger partial charge in [-0.25, -0.2) is 0 Å². The lowest BCUT2D eigenvalue weighted by atomic mass is 10.1. The third kappa shape index (κ3) is 4.76. The van der Waals surface area contributed by atoms with E-state index in [-0.39, 0.29) is 6.10 Å². The van der Waals surface area contributed by atoms with Gasteiger partial charge in [-0.1, -0.05) is 61.8 Å². The fourth-order valence-electron chi connectivity index (χ4n) is 2.07. The molecule has 0 fully saturated rings. The molecule has 0 aliphatic carbocycles. The number of rotatable bonds is 6. The Labute approximate surface area is 132 Å². The second-order valence-corrected chi connectivity index (χ2v) is 5.91. The van der Waals surface area contributed by atoms with E-state index in [0.717, 1.165) is 23.4 Å². The van der Waals surface area contributed by atoms with Crippen LogP contribution >= 0.6 is 11.6 Å². The molecule has 0 radical (unpaired) electrons. The molecule has 3 heteroatoms. The third-order valence-corrected chi connectivity index (χ3v) is 3.48. The van der Waals surface area contributed by atoms with E-state index in [9.17, 15) is 0 Å². The lowest BCUT2D eigenvalue weighted by Crippen LogP contribution is -2.33. The van der Waals surface area contributed by atoms with Gasteiger partial charge < -0.3 is 10.1 Å². The molecule has 2 aromatic carbocycles. The maximum absolute atomic E-state index is 6.34. The summed E-state index contributed by atoms with van der Waals surface area (Å²) < 4.78 is 5.89. The van der Waals surface area contributed by atoms with Crippen molar-refractivity contribution in [2.45, 2.75) is 32.9 Å². The van der Waals surface area contributed by atoms with Gasteiger partial charge in [0.15, 0.2) is 0 Å². The molecule has 1 atom stereocenters. The summed E-state index contributed by atoms with van der Waals surface area (Å²) in [7, 11) is 0. The molecule has 0 aromatic heterocycles. The minimum atomic E-state index is 0.0764. The Bertz CT molecular complexity index is 569. The molecule has 0 heterocycles. The quantitative estimate of drug-likeness (QED) is 0.830. The first-order valence-electron chi connectivity index (χ1n) is 7.31. The van der Waals surface area contributed by atoms with Crippen molar-refractivity contribution in [3.05, 3.63) is 53.6 Å². The Balaban J connectivity index is 2.06. The lowest BCUT2D eigenvalue weighted by Gasteiger charge is -2.18. The van der Waals surface area contributed by atoms with Crippen LogP contribution in [0.25, 0.3) is 11.1 Å². The fraction of sp³-hybridized carbons (Fsp3) is 0.333. The molecule has 0 aliphatic rings. The molecular formula is C18H22ClNO. The standard InChI is InChI=1S/C18H22ClNO/c1-13(2)20-12-14(3)21-18-10-9-16(11-17(18)19)15-7-5-4-6-8-15/h4-11,13-14,20H,12H2,1-3H3. The van der Waals surface area contributed by atoms with E-state index in [0.29, 0.717) is 11.1 Å². The van der Waals surface area contributed by atoms with Gasteiger partial charge in [0.1, 0.15) is 11.9 Å². The van der Waals surface area contributed by atoms with Gasteiger partial charge in [0.2, 0.25) is 0 Å². The van der Waals surface area contributed by atoms with Crippen LogP contribution in [0.4, 0.5) is 0 Å². The fourth-order valence-corrected chi connectivity index (χ4v) is 2.29. The number of benzene rings is 2. The number of halogens is 1. The predicted molar refractivity (Wildman–Crippen MR) is 90.1 cm³/mol. The number of hydrogen-bond donors (Lipinski definition) is 1. The van der Waals surface area contributed by atoms with E-state index < -0.39 is 0 Å². The number of nitrogens with one attached hydrogen (secondary N) is 1. The van der Waals surface area contributed by atoms with E-state index in [1.54, 1.807) is 0 Å². The maximum atomic E-state index is 6.34. The molecule has 0 bridgehead atoms. The van der Waals surface area contributed by atoms with E-state index in [4.69, 9.17) is 16.3 Å². The highest BCUT2D eigenvalue weighted by Crippen LogP contribution is 2.30. The molecule has 0 spiro atoms. The van der Waals surface area contributed by atoms with Crippen molar-refractivity contribution in [3.63, 3.8) is 0 Å². The number of ether oxygens (including phenoxy) is 1. The molecule has 2 nitrogen and oxygen atoms in total. The van der Waals surface area contributed by atoms with Crippen LogP contribution in [0, 0.1) is 0 Å². The van der Waals surface area contributed by atoms with E-state index in [2.05, 4.69) is 31.3 Å². The predicted octanol–water partition coefficient (Wildman–Crippen LogP) is 4.77. The van der Waals surface area contributed by atoms with Crippen molar-refractivity contribution in [3.8, 4) is 16.9 Å². The van der Waals surface area contributed by atoms with Gasteiger partial charge in [-0.05, 0) is 30.2 Å². The lowest BCUT2D eigenvalue weighted by molar-refractivity contribution is 0.214. The van der Waals surface area contributed by atoms with Gasteiger partial charge in [0.25, 0.3) is 0 Å². The maximum Gasteiger partial charge on any atom is 0.138 e. The van der Waals surface area contributed by atoms with Crippen molar-refractivity contribution in [1.29, 1.82) is 0 Å². The molecule has 1 unspecified atom stereocenters. The zero-order chi connectivity index (χ0) is 15.2. The highest BCUT2D eigenvalue weighted by atomic mass is 35.5. The summed E-state index contributed by atoms with van der Waals surface area (Å²) >= 11 is 6.34. The highest BCUT2D eigenvalue weighted by molar-refractivity contribution is 6.32. The van der Waals surface area contributed by atoms with Crippen molar-refractivity contribution < 1.29 is 4.74 Å². The molecular weight excluding hydrogens is 282 g/mol. The summed E-state index contributed by atoms with van der Waals surface area (Å²) in [5.41, 5.74) is 2.25. The summed E-state index contributed by atoms with van der Waals surface area (Å²) in [4.78, 5) is 0. The molecule has 0 saturated carbocycles. The molecule has 112 valence electrons. The Morgan fingerprint density at radius 3 is 2.33 bits per heavy atom. The van der Waals surface area contributed by atoms with Crippen LogP contribution in [0.2, 0.25) is 5.02 Å². The first kappa shape index (κ1) is 15.9. The van der Waals surface area contributed by atoms with E-state index in [1.165, 1.54) is 0 Å². The average molecular weight is 304 g/mol. The minimum absolute atomic E-state index is 0.0764. The second kappa shape index (κ2) is 7.48. The molecule has 1 N–H and O–H groups in total. The minimum Gasteiger partial charge on any atom is -0.488 e. The molecule has 0 aliphatic heterocycles. The van der Waals surface area contributed by atoms with Crippen LogP contribution in [-0.4, -0.2) is 18.7 Å². The van der Waals surface area contributed by atoms with Gasteiger partial charge in [0, 0.05) is 12.6 Å². The van der Waals surface area contributed by atoms with Gasteiger partial charge in [-0.15, -0.1) is 0 Å². The van der Waals surface area contributed by atoms with Crippen molar-refractivity contribution in [1.82, 2.24) is 5.32 Å². The average Bonchev–Trinajstić information content (AvgIpc) is 2.48. The Morgan fingerprint density at radius 1 is 1.00 bits per heavy atom. The molecule has 0 saturated heterocycles. The summed E-state index contributed by atoms with van der Waals surface area (Å²) in [5.74, 6) is 0.731. The van der Waals surface area contributed by atoms with E-state index in [1.807, 2.05) is 43.3 Å². The van der Waals surface area contributed by atoms with Crippen LogP contribution in [0.3, 0.4) is 0 Å². The molecule has 2 aromatic rings. The Hall–Kier alpha value is -1.51. The van der Waals surface area contributed by atoms with Gasteiger partial charge >= 0.3 is 0 Å². The Kier molecular flexibility index (Phi) is 5.66. The molecule has 2 rings (SSSR count). The van der Waals surface area contributed by atoms with Gasteiger partial charge in [-0.3, -0.25) is 0 Å². The normalized spacial score (nSPS) is 12.4. The number of hydrogen-bond acceptors (Lipinski definition) is 2. The zero-order valence-corrected chi connectivity index (χ0v) is 13.5. The highest BCUT2D eigenvalue weighted by Gasteiger charge is 2.09. The first-order valence-corrected chi connectivity index (χ1v) is 7.69. The van der Waals surface area contributed by atoms with E-state index >= 15 is 0 Å². The summed E-state index contributed by atoms with van der Waals surface area (Å²) in [6.45, 7) is 7.08. The molecule has 21 heavy (non-hydrogen) atoms. The van der Waals surface area contributed by atoms with Crippen molar-refractivity contribution in [2.24, 2.45) is 0 Å². The van der Waals surface area contributed by atoms with Gasteiger partial charge in [0.05, 0.1) is 5.02 Å². The third-order valence-electron chi connectivity index (χ3n) is 3.18. The summed E-state index contributed by atoms with van der Waals surface area (Å²) in [6.07, 6.45) is 0.0764.